The predicted octanol–water partition coefficient (Wildman–Crippen LogP) is 3.15. The number of hydrogen-bond donors (Lipinski definition) is 2. The molecule has 1 atom stereocenters. The van der Waals surface area contributed by atoms with Crippen LogP contribution in [0.25, 0.3) is 0 Å². The lowest BCUT2D eigenvalue weighted by atomic mass is 10.1. The Morgan fingerprint density at radius 1 is 1.14 bits per heavy atom. The first-order valence-corrected chi connectivity index (χ1v) is 7.73. The number of rotatable bonds is 7. The molecule has 112 valence electrons. The van der Waals surface area contributed by atoms with Gasteiger partial charge in [-0.05, 0) is 45.6 Å². The quantitative estimate of drug-likeness (QED) is 0.806. The van der Waals surface area contributed by atoms with Crippen molar-refractivity contribution in [1.29, 1.82) is 0 Å². The minimum atomic E-state index is 0.0493. The highest BCUT2D eigenvalue weighted by molar-refractivity contribution is 9.10. The second kappa shape index (κ2) is 8.17. The second-order valence-corrected chi connectivity index (χ2v) is 5.77. The Labute approximate surface area is 134 Å². The van der Waals surface area contributed by atoms with Gasteiger partial charge in [-0.3, -0.25) is 0 Å². The Kier molecular flexibility index (Phi) is 6.23. The van der Waals surface area contributed by atoms with Gasteiger partial charge in [0, 0.05) is 12.6 Å². The number of aliphatic hydroxyl groups excluding tert-OH is 1. The van der Waals surface area contributed by atoms with E-state index in [2.05, 4.69) is 33.4 Å². The summed E-state index contributed by atoms with van der Waals surface area (Å²) in [6.45, 7) is 0.826. The molecule has 2 N–H and O–H groups in total. The molecule has 0 aliphatic rings. The van der Waals surface area contributed by atoms with Gasteiger partial charge >= 0.3 is 0 Å². The van der Waals surface area contributed by atoms with Gasteiger partial charge in [0.15, 0.2) is 0 Å². The lowest BCUT2D eigenvalue weighted by Crippen LogP contribution is -2.34. The van der Waals surface area contributed by atoms with E-state index < -0.39 is 0 Å². The zero-order valence-corrected chi connectivity index (χ0v) is 13.6. The summed E-state index contributed by atoms with van der Waals surface area (Å²) in [6.07, 6.45) is 0.814. The lowest BCUT2D eigenvalue weighted by Gasteiger charge is -2.17. The van der Waals surface area contributed by atoms with E-state index in [0.717, 1.165) is 22.2 Å². The van der Waals surface area contributed by atoms with E-state index in [1.165, 1.54) is 5.56 Å². The molecular formula is C17H20BrNO2. The zero-order chi connectivity index (χ0) is 15.1. The molecule has 2 aromatic rings. The van der Waals surface area contributed by atoms with Crippen LogP contribution in [0.2, 0.25) is 0 Å². The van der Waals surface area contributed by atoms with Crippen LogP contribution in [-0.4, -0.2) is 24.9 Å². The van der Waals surface area contributed by atoms with E-state index in [1.54, 1.807) is 7.11 Å². The first-order valence-electron chi connectivity index (χ1n) is 6.93. The minimum Gasteiger partial charge on any atom is -0.496 e. The van der Waals surface area contributed by atoms with Crippen LogP contribution in [0.3, 0.4) is 0 Å². The molecule has 0 bridgehead atoms. The third-order valence-corrected chi connectivity index (χ3v) is 3.98. The van der Waals surface area contributed by atoms with Crippen LogP contribution >= 0.6 is 15.9 Å². The summed E-state index contributed by atoms with van der Waals surface area (Å²) < 4.78 is 6.16. The van der Waals surface area contributed by atoms with E-state index in [9.17, 15) is 5.11 Å². The van der Waals surface area contributed by atoms with Crippen molar-refractivity contribution in [1.82, 2.24) is 5.32 Å². The fraction of sp³-hybridized carbons (Fsp3) is 0.294. The molecule has 4 heteroatoms. The van der Waals surface area contributed by atoms with E-state index in [4.69, 9.17) is 4.74 Å². The van der Waals surface area contributed by atoms with Crippen LogP contribution in [0, 0.1) is 0 Å². The number of ether oxygens (including phenoxy) is 1. The average Bonchev–Trinajstić information content (AvgIpc) is 2.52. The Balaban J connectivity index is 1.92. The summed E-state index contributed by atoms with van der Waals surface area (Å²) in [5.41, 5.74) is 2.37. The fourth-order valence-electron chi connectivity index (χ4n) is 2.18. The second-order valence-electron chi connectivity index (χ2n) is 4.92. The standard InChI is InChI=1S/C17H20BrNO2/c1-21-17-8-7-14(10-16(17)18)11-19-15(12-20)9-13-5-3-2-4-6-13/h2-8,10,15,19-20H,9,11-12H2,1H3/t15-/m0/s1. The van der Waals surface area contributed by atoms with E-state index >= 15 is 0 Å². The van der Waals surface area contributed by atoms with Gasteiger partial charge in [0.25, 0.3) is 0 Å². The summed E-state index contributed by atoms with van der Waals surface area (Å²) in [5.74, 6) is 0.821. The first kappa shape index (κ1) is 16.0. The largest absolute Gasteiger partial charge is 0.496 e. The highest BCUT2D eigenvalue weighted by atomic mass is 79.9. The molecule has 0 aliphatic carbocycles. The Morgan fingerprint density at radius 3 is 2.52 bits per heavy atom. The molecule has 0 spiro atoms. The molecule has 2 aromatic carbocycles. The van der Waals surface area contributed by atoms with Crippen LogP contribution in [0.15, 0.2) is 53.0 Å². The van der Waals surface area contributed by atoms with Crippen molar-refractivity contribution in [2.75, 3.05) is 13.7 Å². The van der Waals surface area contributed by atoms with E-state index in [0.29, 0.717) is 6.54 Å². The van der Waals surface area contributed by atoms with Crippen molar-refractivity contribution in [2.24, 2.45) is 0 Å². The molecule has 0 unspecified atom stereocenters. The molecule has 3 nitrogen and oxygen atoms in total. The number of benzene rings is 2. The van der Waals surface area contributed by atoms with Crippen LogP contribution in [0.5, 0.6) is 5.75 Å². The van der Waals surface area contributed by atoms with E-state index in [1.807, 2.05) is 36.4 Å². The van der Waals surface area contributed by atoms with Crippen molar-refractivity contribution in [3.8, 4) is 5.75 Å². The fourth-order valence-corrected chi connectivity index (χ4v) is 2.77. The maximum Gasteiger partial charge on any atom is 0.133 e. The van der Waals surface area contributed by atoms with Gasteiger partial charge in [-0.1, -0.05) is 36.4 Å². The third-order valence-electron chi connectivity index (χ3n) is 3.36. The molecule has 0 saturated carbocycles. The molecule has 0 fully saturated rings. The Bertz CT molecular complexity index is 560. The van der Waals surface area contributed by atoms with Crippen molar-refractivity contribution >= 4 is 15.9 Å². The summed E-state index contributed by atoms with van der Waals surface area (Å²) in [4.78, 5) is 0. The highest BCUT2D eigenvalue weighted by Crippen LogP contribution is 2.25. The summed E-state index contributed by atoms with van der Waals surface area (Å²) in [6, 6.07) is 16.2. The van der Waals surface area contributed by atoms with Crippen molar-refractivity contribution in [3.05, 3.63) is 64.1 Å². The van der Waals surface area contributed by atoms with Crippen molar-refractivity contribution in [2.45, 2.75) is 19.0 Å². The average molecular weight is 350 g/mol. The number of hydrogen-bond acceptors (Lipinski definition) is 3. The van der Waals surface area contributed by atoms with Crippen LogP contribution in [-0.2, 0) is 13.0 Å². The third kappa shape index (κ3) is 4.84. The zero-order valence-electron chi connectivity index (χ0n) is 12.1. The van der Waals surface area contributed by atoms with Crippen LogP contribution in [0.4, 0.5) is 0 Å². The smallest absolute Gasteiger partial charge is 0.133 e. The number of nitrogens with one attached hydrogen (secondary N) is 1. The molecule has 0 radical (unpaired) electrons. The summed E-state index contributed by atoms with van der Waals surface area (Å²) >= 11 is 3.48. The van der Waals surface area contributed by atoms with Crippen LogP contribution in [0.1, 0.15) is 11.1 Å². The van der Waals surface area contributed by atoms with Gasteiger partial charge in [0.1, 0.15) is 5.75 Å². The number of halogens is 1. The van der Waals surface area contributed by atoms with E-state index in [-0.39, 0.29) is 12.6 Å². The van der Waals surface area contributed by atoms with Crippen molar-refractivity contribution in [3.63, 3.8) is 0 Å². The molecule has 21 heavy (non-hydrogen) atoms. The van der Waals surface area contributed by atoms with Gasteiger partial charge in [0.05, 0.1) is 18.2 Å². The molecule has 2 rings (SSSR count). The van der Waals surface area contributed by atoms with Gasteiger partial charge < -0.3 is 15.2 Å². The molecule has 0 saturated heterocycles. The van der Waals surface area contributed by atoms with Gasteiger partial charge in [-0.15, -0.1) is 0 Å². The van der Waals surface area contributed by atoms with Gasteiger partial charge in [-0.25, -0.2) is 0 Å². The number of methoxy groups -OCH3 is 1. The molecule has 0 heterocycles. The molecule has 0 aliphatic heterocycles. The molecular weight excluding hydrogens is 330 g/mol. The SMILES string of the molecule is COc1ccc(CN[C@H](CO)Cc2ccccc2)cc1Br. The Morgan fingerprint density at radius 2 is 1.90 bits per heavy atom. The predicted molar refractivity (Wildman–Crippen MR) is 88.6 cm³/mol. The Hall–Kier alpha value is -1.36. The normalized spacial score (nSPS) is 12.1. The summed E-state index contributed by atoms with van der Waals surface area (Å²) in [7, 11) is 1.65. The summed E-state index contributed by atoms with van der Waals surface area (Å²) in [5, 5.41) is 12.9. The van der Waals surface area contributed by atoms with Gasteiger partial charge in [0.2, 0.25) is 0 Å². The minimum absolute atomic E-state index is 0.0493. The lowest BCUT2D eigenvalue weighted by molar-refractivity contribution is 0.241. The van der Waals surface area contributed by atoms with Crippen molar-refractivity contribution < 1.29 is 9.84 Å². The highest BCUT2D eigenvalue weighted by Gasteiger charge is 2.08. The van der Waals surface area contributed by atoms with Crippen LogP contribution < -0.4 is 10.1 Å². The maximum absolute atomic E-state index is 9.51. The monoisotopic (exact) mass is 349 g/mol. The topological polar surface area (TPSA) is 41.5 Å². The van der Waals surface area contributed by atoms with Gasteiger partial charge in [-0.2, -0.15) is 0 Å². The molecule has 0 amide bonds. The maximum atomic E-state index is 9.51. The first-order chi connectivity index (χ1) is 10.2. The molecule has 0 aromatic heterocycles. The number of aliphatic hydroxyl groups is 1.